The van der Waals surface area contributed by atoms with Gasteiger partial charge in [0.15, 0.2) is 0 Å². The highest BCUT2D eigenvalue weighted by molar-refractivity contribution is 5.87. The summed E-state index contributed by atoms with van der Waals surface area (Å²) in [6, 6.07) is 5.91. The van der Waals surface area contributed by atoms with Gasteiger partial charge in [0, 0.05) is 17.5 Å². The van der Waals surface area contributed by atoms with Crippen LogP contribution in [0.4, 0.5) is 0 Å². The molecule has 0 saturated carbocycles. The van der Waals surface area contributed by atoms with Crippen molar-refractivity contribution >= 4 is 16.9 Å². The fourth-order valence-corrected chi connectivity index (χ4v) is 1.82. The average molecular weight is 247 g/mol. The second-order valence-corrected chi connectivity index (χ2v) is 4.59. The number of carbonyl (C=O) groups excluding carboxylic acids is 1. The van der Waals surface area contributed by atoms with Crippen molar-refractivity contribution in [1.29, 1.82) is 0 Å². The summed E-state index contributed by atoms with van der Waals surface area (Å²) in [5.41, 5.74) is 2.79. The molecule has 4 nitrogen and oxygen atoms in total. The summed E-state index contributed by atoms with van der Waals surface area (Å²) < 4.78 is 5.43. The maximum absolute atomic E-state index is 11.7. The molecule has 1 aromatic heterocycles. The molecule has 0 bridgehead atoms. The molecule has 0 radical (unpaired) electrons. The van der Waals surface area contributed by atoms with E-state index in [1.807, 2.05) is 25.1 Å². The first-order valence-corrected chi connectivity index (χ1v) is 5.98. The lowest BCUT2D eigenvalue weighted by molar-refractivity contribution is -0.120. The molecule has 1 unspecified atom stereocenters. The standard InChI is InChI=1S/C14H17NO3/c1-9-3-4-12-11(8-18-13(12)5-9)6-14(17)15-7-10(2)16/h3-5,8,10,16H,6-7H2,1-2H3,(H,15,17). The summed E-state index contributed by atoms with van der Waals surface area (Å²) in [4.78, 5) is 11.7. The summed E-state index contributed by atoms with van der Waals surface area (Å²) in [7, 11) is 0. The van der Waals surface area contributed by atoms with Crippen LogP contribution in [0.15, 0.2) is 28.9 Å². The monoisotopic (exact) mass is 247 g/mol. The molecule has 1 amide bonds. The Hall–Kier alpha value is -1.81. The Balaban J connectivity index is 2.10. The molecule has 2 N–H and O–H groups in total. The van der Waals surface area contributed by atoms with Gasteiger partial charge in [-0.05, 0) is 25.5 Å². The van der Waals surface area contributed by atoms with Crippen molar-refractivity contribution < 1.29 is 14.3 Å². The maximum Gasteiger partial charge on any atom is 0.224 e. The van der Waals surface area contributed by atoms with E-state index in [4.69, 9.17) is 9.52 Å². The van der Waals surface area contributed by atoms with Crippen molar-refractivity contribution in [3.63, 3.8) is 0 Å². The number of nitrogens with one attached hydrogen (secondary N) is 1. The van der Waals surface area contributed by atoms with Crippen molar-refractivity contribution in [3.8, 4) is 0 Å². The second-order valence-electron chi connectivity index (χ2n) is 4.59. The van der Waals surface area contributed by atoms with Crippen LogP contribution in [-0.4, -0.2) is 23.7 Å². The number of fused-ring (bicyclic) bond motifs is 1. The summed E-state index contributed by atoms with van der Waals surface area (Å²) in [6.07, 6.45) is 1.35. The third-order valence-electron chi connectivity index (χ3n) is 2.76. The summed E-state index contributed by atoms with van der Waals surface area (Å²) in [5.74, 6) is -0.112. The predicted octanol–water partition coefficient (Wildman–Crippen LogP) is 1.78. The predicted molar refractivity (Wildman–Crippen MR) is 69.3 cm³/mol. The number of hydrogen-bond donors (Lipinski definition) is 2. The van der Waals surface area contributed by atoms with Crippen molar-refractivity contribution in [3.05, 3.63) is 35.6 Å². The smallest absolute Gasteiger partial charge is 0.224 e. The zero-order valence-corrected chi connectivity index (χ0v) is 10.6. The van der Waals surface area contributed by atoms with Crippen LogP contribution in [0.2, 0.25) is 0 Å². The van der Waals surface area contributed by atoms with Gasteiger partial charge < -0.3 is 14.8 Å². The number of furan rings is 1. The molecule has 1 aromatic carbocycles. The molecule has 0 aliphatic rings. The van der Waals surface area contributed by atoms with E-state index in [1.165, 1.54) is 0 Å². The highest BCUT2D eigenvalue weighted by Gasteiger charge is 2.10. The van der Waals surface area contributed by atoms with Crippen LogP contribution in [0.25, 0.3) is 11.0 Å². The van der Waals surface area contributed by atoms with E-state index < -0.39 is 6.10 Å². The van der Waals surface area contributed by atoms with Crippen LogP contribution < -0.4 is 5.32 Å². The molecule has 1 heterocycles. The van der Waals surface area contributed by atoms with Gasteiger partial charge in [0.05, 0.1) is 18.8 Å². The van der Waals surface area contributed by atoms with Crippen molar-refractivity contribution in [2.45, 2.75) is 26.4 Å². The highest BCUT2D eigenvalue weighted by atomic mass is 16.3. The Morgan fingerprint density at radius 2 is 2.28 bits per heavy atom. The molecule has 1 atom stereocenters. The third-order valence-corrected chi connectivity index (χ3v) is 2.76. The van der Waals surface area contributed by atoms with Gasteiger partial charge in [-0.1, -0.05) is 12.1 Å². The number of carbonyl (C=O) groups is 1. The number of rotatable bonds is 4. The number of amides is 1. The molecule has 96 valence electrons. The van der Waals surface area contributed by atoms with Crippen LogP contribution >= 0.6 is 0 Å². The van der Waals surface area contributed by atoms with E-state index in [-0.39, 0.29) is 18.9 Å². The Bertz CT molecular complexity index is 557. The maximum atomic E-state index is 11.7. The SMILES string of the molecule is Cc1ccc2c(CC(=O)NCC(C)O)coc2c1. The molecule has 0 spiro atoms. The van der Waals surface area contributed by atoms with Gasteiger partial charge in [-0.2, -0.15) is 0 Å². The van der Waals surface area contributed by atoms with Crippen LogP contribution in [-0.2, 0) is 11.2 Å². The van der Waals surface area contributed by atoms with Gasteiger partial charge in [-0.3, -0.25) is 4.79 Å². The number of hydrogen-bond acceptors (Lipinski definition) is 3. The zero-order chi connectivity index (χ0) is 13.1. The Morgan fingerprint density at radius 3 is 3.00 bits per heavy atom. The van der Waals surface area contributed by atoms with Crippen molar-refractivity contribution in [2.24, 2.45) is 0 Å². The molecular formula is C14H17NO3. The molecule has 0 aliphatic carbocycles. The van der Waals surface area contributed by atoms with Crippen molar-refractivity contribution in [1.82, 2.24) is 5.32 Å². The summed E-state index contributed by atoms with van der Waals surface area (Å²) in [6.45, 7) is 3.90. The molecular weight excluding hydrogens is 230 g/mol. The minimum Gasteiger partial charge on any atom is -0.464 e. The van der Waals surface area contributed by atoms with Gasteiger partial charge in [0.2, 0.25) is 5.91 Å². The summed E-state index contributed by atoms with van der Waals surface area (Å²) in [5, 5.41) is 12.7. The van der Waals surface area contributed by atoms with E-state index in [9.17, 15) is 4.79 Å². The lowest BCUT2D eigenvalue weighted by atomic mass is 10.1. The topological polar surface area (TPSA) is 62.5 Å². The fourth-order valence-electron chi connectivity index (χ4n) is 1.82. The molecule has 2 aromatic rings. The minimum absolute atomic E-state index is 0.112. The van der Waals surface area contributed by atoms with Crippen LogP contribution in [0.1, 0.15) is 18.1 Å². The van der Waals surface area contributed by atoms with Crippen LogP contribution in [0.3, 0.4) is 0 Å². The third kappa shape index (κ3) is 2.90. The molecule has 2 rings (SSSR count). The molecule has 18 heavy (non-hydrogen) atoms. The Labute approximate surface area is 106 Å². The van der Waals surface area contributed by atoms with E-state index in [0.29, 0.717) is 0 Å². The molecule has 0 saturated heterocycles. The Morgan fingerprint density at radius 1 is 1.50 bits per heavy atom. The largest absolute Gasteiger partial charge is 0.464 e. The van der Waals surface area contributed by atoms with E-state index >= 15 is 0 Å². The van der Waals surface area contributed by atoms with Crippen LogP contribution in [0, 0.1) is 6.92 Å². The van der Waals surface area contributed by atoms with Gasteiger partial charge in [-0.15, -0.1) is 0 Å². The van der Waals surface area contributed by atoms with Crippen LogP contribution in [0.5, 0.6) is 0 Å². The fraction of sp³-hybridized carbons (Fsp3) is 0.357. The van der Waals surface area contributed by atoms with Crippen molar-refractivity contribution in [2.75, 3.05) is 6.54 Å². The molecule has 0 aliphatic heterocycles. The first kappa shape index (κ1) is 12.6. The zero-order valence-electron chi connectivity index (χ0n) is 10.6. The molecule has 0 fully saturated rings. The number of aryl methyl sites for hydroxylation is 1. The molecule has 4 heteroatoms. The van der Waals surface area contributed by atoms with Gasteiger partial charge in [0.1, 0.15) is 5.58 Å². The average Bonchev–Trinajstić information content (AvgIpc) is 2.69. The highest BCUT2D eigenvalue weighted by Crippen LogP contribution is 2.22. The first-order chi connectivity index (χ1) is 8.56. The number of benzene rings is 1. The first-order valence-electron chi connectivity index (χ1n) is 5.98. The van der Waals surface area contributed by atoms with Gasteiger partial charge in [0.25, 0.3) is 0 Å². The summed E-state index contributed by atoms with van der Waals surface area (Å²) >= 11 is 0. The quantitative estimate of drug-likeness (QED) is 0.865. The second kappa shape index (κ2) is 5.23. The number of aliphatic hydroxyl groups is 1. The lowest BCUT2D eigenvalue weighted by Crippen LogP contribution is -2.31. The normalized spacial score (nSPS) is 12.6. The minimum atomic E-state index is -0.530. The Kier molecular flexibility index (Phi) is 3.67. The van der Waals surface area contributed by atoms with Gasteiger partial charge in [-0.25, -0.2) is 0 Å². The number of aliphatic hydroxyl groups excluding tert-OH is 1. The van der Waals surface area contributed by atoms with Gasteiger partial charge >= 0.3 is 0 Å². The van der Waals surface area contributed by atoms with E-state index in [1.54, 1.807) is 13.2 Å². The lowest BCUT2D eigenvalue weighted by Gasteiger charge is -2.06. The van der Waals surface area contributed by atoms with E-state index in [2.05, 4.69) is 5.32 Å². The van der Waals surface area contributed by atoms with E-state index in [0.717, 1.165) is 22.1 Å².